The second-order valence-electron chi connectivity index (χ2n) is 6.25. The minimum absolute atomic E-state index is 0.0773. The molecule has 0 bridgehead atoms. The zero-order valence-corrected chi connectivity index (χ0v) is 17.3. The first kappa shape index (κ1) is 20.0. The maximum Gasteiger partial charge on any atom is 0.246 e. The zero-order chi connectivity index (χ0) is 20.3. The molecule has 2 heterocycles. The van der Waals surface area contributed by atoms with Crippen LogP contribution in [0.4, 0.5) is 5.69 Å². The largest absolute Gasteiger partial charge is 0.337 e. The molecule has 3 rings (SSSR count). The number of thiophene rings is 1. The Morgan fingerprint density at radius 3 is 2.54 bits per heavy atom. The van der Waals surface area contributed by atoms with Gasteiger partial charge in [0.25, 0.3) is 0 Å². The minimum Gasteiger partial charge on any atom is -0.337 e. The van der Waals surface area contributed by atoms with Crippen LogP contribution < -0.4 is 4.31 Å². The van der Waals surface area contributed by atoms with E-state index >= 15 is 0 Å². The molecule has 148 valence electrons. The van der Waals surface area contributed by atoms with Crippen LogP contribution in [-0.4, -0.2) is 48.7 Å². The Bertz CT molecular complexity index is 1030. The van der Waals surface area contributed by atoms with Crippen LogP contribution in [0, 0.1) is 0 Å². The third kappa shape index (κ3) is 4.39. The summed E-state index contributed by atoms with van der Waals surface area (Å²) in [6, 6.07) is 11.4. The summed E-state index contributed by atoms with van der Waals surface area (Å²) in [6.07, 6.45) is 1.08. The second-order valence-corrected chi connectivity index (χ2v) is 9.06. The molecule has 0 unspecified atom stereocenters. The number of likely N-dealkylation sites (N-methyl/N-ethyl adjacent to an activating group) is 1. The fourth-order valence-electron chi connectivity index (χ4n) is 2.80. The Labute approximate surface area is 167 Å². The maximum absolute atomic E-state index is 12.9. The second kappa shape index (κ2) is 8.11. The molecule has 0 saturated heterocycles. The first-order chi connectivity index (χ1) is 13.3. The molecule has 0 aliphatic heterocycles. The number of amides is 1. The number of hydrogen-bond donors (Lipinski definition) is 0. The quantitative estimate of drug-likeness (QED) is 0.583. The summed E-state index contributed by atoms with van der Waals surface area (Å²) in [5.41, 5.74) is 0.428. The number of nitrogens with zero attached hydrogens (tertiary/aromatic N) is 4. The minimum atomic E-state index is -3.66. The third-order valence-electron chi connectivity index (χ3n) is 4.04. The molecule has 28 heavy (non-hydrogen) atoms. The van der Waals surface area contributed by atoms with Crippen molar-refractivity contribution in [1.82, 2.24) is 15.0 Å². The van der Waals surface area contributed by atoms with E-state index in [9.17, 15) is 13.2 Å². The van der Waals surface area contributed by atoms with Crippen molar-refractivity contribution in [2.24, 2.45) is 0 Å². The Kier molecular flexibility index (Phi) is 5.80. The summed E-state index contributed by atoms with van der Waals surface area (Å²) in [5, 5.41) is 5.83. The molecule has 2 aromatic heterocycles. The number of anilines is 1. The molecule has 0 aliphatic rings. The van der Waals surface area contributed by atoms with Gasteiger partial charge in [-0.1, -0.05) is 29.4 Å². The average molecular weight is 421 g/mol. The highest BCUT2D eigenvalue weighted by atomic mass is 32.2. The summed E-state index contributed by atoms with van der Waals surface area (Å²) < 4.78 is 30.9. The van der Waals surface area contributed by atoms with Crippen molar-refractivity contribution in [3.8, 4) is 10.7 Å². The first-order valence-electron chi connectivity index (χ1n) is 8.43. The number of hydrogen-bond acceptors (Lipinski definition) is 7. The van der Waals surface area contributed by atoms with Gasteiger partial charge in [-0.15, -0.1) is 11.3 Å². The fourth-order valence-corrected chi connectivity index (χ4v) is 4.62. The van der Waals surface area contributed by atoms with Crippen LogP contribution in [0.15, 0.2) is 52.4 Å². The molecule has 0 saturated carbocycles. The normalized spacial score (nSPS) is 12.5. The van der Waals surface area contributed by atoms with Gasteiger partial charge in [0.05, 0.1) is 23.4 Å². The summed E-state index contributed by atoms with van der Waals surface area (Å²) in [7, 11) is -2.09. The lowest BCUT2D eigenvalue weighted by Gasteiger charge is -2.30. The topological polar surface area (TPSA) is 96.6 Å². The van der Waals surface area contributed by atoms with Crippen LogP contribution in [0.3, 0.4) is 0 Å². The van der Waals surface area contributed by atoms with Gasteiger partial charge in [-0.3, -0.25) is 9.10 Å². The van der Waals surface area contributed by atoms with E-state index in [0.29, 0.717) is 11.5 Å². The number of aromatic nitrogens is 2. The highest BCUT2D eigenvalue weighted by Crippen LogP contribution is 2.23. The summed E-state index contributed by atoms with van der Waals surface area (Å²) >= 11 is 1.48. The van der Waals surface area contributed by atoms with Crippen molar-refractivity contribution in [1.29, 1.82) is 0 Å². The van der Waals surface area contributed by atoms with Gasteiger partial charge in [-0.25, -0.2) is 8.42 Å². The summed E-state index contributed by atoms with van der Waals surface area (Å²) in [5.74, 6) is 0.350. The van der Waals surface area contributed by atoms with Crippen molar-refractivity contribution < 1.29 is 17.7 Å². The lowest BCUT2D eigenvalue weighted by Crippen LogP contribution is -2.48. The van der Waals surface area contributed by atoms with Crippen LogP contribution in [0.25, 0.3) is 10.7 Å². The van der Waals surface area contributed by atoms with E-state index in [2.05, 4.69) is 10.1 Å². The van der Waals surface area contributed by atoms with Crippen LogP contribution >= 0.6 is 11.3 Å². The average Bonchev–Trinajstić information content (AvgIpc) is 3.32. The lowest BCUT2D eigenvalue weighted by atomic mass is 10.2. The van der Waals surface area contributed by atoms with Gasteiger partial charge in [-0.05, 0) is 30.5 Å². The molecular formula is C18H20N4O4S2. The molecule has 1 aromatic carbocycles. The van der Waals surface area contributed by atoms with Crippen molar-refractivity contribution in [2.75, 3.05) is 17.6 Å². The lowest BCUT2D eigenvalue weighted by molar-refractivity contribution is -0.131. The number of para-hydroxylation sites is 1. The van der Waals surface area contributed by atoms with Crippen molar-refractivity contribution in [3.05, 3.63) is 53.7 Å². The van der Waals surface area contributed by atoms with Gasteiger partial charge in [0.1, 0.15) is 6.04 Å². The Morgan fingerprint density at radius 1 is 1.21 bits per heavy atom. The summed E-state index contributed by atoms with van der Waals surface area (Å²) in [6.45, 7) is 1.63. The van der Waals surface area contributed by atoms with E-state index in [0.717, 1.165) is 15.4 Å². The SMILES string of the molecule is C[C@@H](C(=O)N(C)Cc1nc(-c2cccs2)no1)N(c1ccccc1)S(C)(=O)=O. The molecule has 0 aliphatic carbocycles. The van der Waals surface area contributed by atoms with Gasteiger partial charge in [0.2, 0.25) is 27.6 Å². The molecule has 0 spiro atoms. The first-order valence-corrected chi connectivity index (χ1v) is 11.2. The van der Waals surface area contributed by atoms with E-state index in [1.54, 1.807) is 44.3 Å². The third-order valence-corrected chi connectivity index (χ3v) is 6.14. The predicted molar refractivity (Wildman–Crippen MR) is 107 cm³/mol. The van der Waals surface area contributed by atoms with Crippen LogP contribution in [-0.2, 0) is 21.4 Å². The molecule has 0 radical (unpaired) electrons. The molecule has 1 amide bonds. The van der Waals surface area contributed by atoms with E-state index in [-0.39, 0.29) is 18.3 Å². The van der Waals surface area contributed by atoms with E-state index in [1.807, 2.05) is 17.5 Å². The number of rotatable bonds is 7. The van der Waals surface area contributed by atoms with E-state index in [4.69, 9.17) is 4.52 Å². The molecule has 8 nitrogen and oxygen atoms in total. The number of carbonyl (C=O) groups is 1. The molecule has 0 N–H and O–H groups in total. The number of benzene rings is 1. The van der Waals surface area contributed by atoms with Crippen LogP contribution in [0.2, 0.25) is 0 Å². The molecule has 3 aromatic rings. The van der Waals surface area contributed by atoms with Crippen LogP contribution in [0.5, 0.6) is 0 Å². The predicted octanol–water partition coefficient (Wildman–Crippen LogP) is 2.61. The van der Waals surface area contributed by atoms with Gasteiger partial charge in [0, 0.05) is 7.05 Å². The summed E-state index contributed by atoms with van der Waals surface area (Å²) in [4.78, 5) is 19.4. The smallest absolute Gasteiger partial charge is 0.246 e. The van der Waals surface area contributed by atoms with Gasteiger partial charge >= 0.3 is 0 Å². The van der Waals surface area contributed by atoms with Crippen molar-refractivity contribution in [2.45, 2.75) is 19.5 Å². The zero-order valence-electron chi connectivity index (χ0n) is 15.6. The molecule has 0 fully saturated rings. The van der Waals surface area contributed by atoms with Gasteiger partial charge < -0.3 is 9.42 Å². The monoisotopic (exact) mass is 420 g/mol. The van der Waals surface area contributed by atoms with Crippen LogP contribution in [0.1, 0.15) is 12.8 Å². The van der Waals surface area contributed by atoms with E-state index in [1.165, 1.54) is 16.2 Å². The van der Waals surface area contributed by atoms with E-state index < -0.39 is 16.1 Å². The Balaban J connectivity index is 1.76. The Morgan fingerprint density at radius 2 is 1.93 bits per heavy atom. The standard InChI is InChI=1S/C18H20N4O4S2/c1-13(22(28(3,24)25)14-8-5-4-6-9-14)18(23)21(2)12-16-19-17(20-26-16)15-10-7-11-27-15/h4-11,13H,12H2,1-3H3/t13-/m0/s1. The molecule has 10 heteroatoms. The highest BCUT2D eigenvalue weighted by molar-refractivity contribution is 7.92. The molecular weight excluding hydrogens is 400 g/mol. The number of sulfonamides is 1. The van der Waals surface area contributed by atoms with Gasteiger partial charge in [-0.2, -0.15) is 4.98 Å². The number of carbonyl (C=O) groups excluding carboxylic acids is 1. The highest BCUT2D eigenvalue weighted by Gasteiger charge is 2.31. The fraction of sp³-hybridized carbons (Fsp3) is 0.278. The Hall–Kier alpha value is -2.72. The van der Waals surface area contributed by atoms with Gasteiger partial charge in [0.15, 0.2) is 0 Å². The maximum atomic E-state index is 12.9. The van der Waals surface area contributed by atoms with Crippen molar-refractivity contribution >= 4 is 33.0 Å². The molecule has 1 atom stereocenters. The van der Waals surface area contributed by atoms with Crippen molar-refractivity contribution in [3.63, 3.8) is 0 Å².